The highest BCUT2D eigenvalue weighted by Gasteiger charge is 2.51. The first-order valence-electron chi connectivity index (χ1n) is 15.0. The lowest BCUT2D eigenvalue weighted by Gasteiger charge is -2.30. The van der Waals surface area contributed by atoms with Crippen LogP contribution in [-0.2, 0) is 5.41 Å². The average molecular weight is 565 g/mol. The Kier molecular flexibility index (Phi) is 9.00. The van der Waals surface area contributed by atoms with Crippen LogP contribution >= 0.6 is 11.8 Å². The first-order valence-corrected chi connectivity index (χ1v) is 16.0. The van der Waals surface area contributed by atoms with Crippen LogP contribution in [-0.4, -0.2) is 5.75 Å². The van der Waals surface area contributed by atoms with E-state index in [2.05, 4.69) is 143 Å². The Hall–Kier alpha value is -4.07. The second-order valence-corrected chi connectivity index (χ2v) is 12.0. The van der Waals surface area contributed by atoms with Crippen LogP contribution in [0, 0.1) is 6.92 Å². The highest BCUT2D eigenvalue weighted by molar-refractivity contribution is 8.03. The molecule has 5 aromatic carbocycles. The van der Waals surface area contributed by atoms with Crippen LogP contribution in [0.4, 0.5) is 0 Å². The molecule has 0 saturated carbocycles. The van der Waals surface area contributed by atoms with Gasteiger partial charge >= 0.3 is 0 Å². The minimum Gasteiger partial charge on any atom is -0.131 e. The summed E-state index contributed by atoms with van der Waals surface area (Å²) in [4.78, 5) is 1.34. The Labute approximate surface area is 256 Å². The zero-order chi connectivity index (χ0) is 29.7. The van der Waals surface area contributed by atoms with Gasteiger partial charge in [-0.2, -0.15) is 0 Å². The predicted molar refractivity (Wildman–Crippen MR) is 186 cm³/mol. The summed E-state index contributed by atoms with van der Waals surface area (Å²) >= 11 is 1.85. The molecule has 0 nitrogen and oxygen atoms in total. The highest BCUT2D eigenvalue weighted by Crippen LogP contribution is 2.62. The smallest absolute Gasteiger partial charge is 0.0725 e. The molecule has 1 spiro atoms. The summed E-state index contributed by atoms with van der Waals surface area (Å²) in [5.41, 5.74) is 14.6. The molecule has 0 aliphatic heterocycles. The summed E-state index contributed by atoms with van der Waals surface area (Å²) < 4.78 is 0. The van der Waals surface area contributed by atoms with Gasteiger partial charge < -0.3 is 0 Å². The number of thioether (sulfide) groups is 1. The molecular formula is C41H40S. The van der Waals surface area contributed by atoms with Crippen molar-refractivity contribution >= 4 is 11.8 Å². The predicted octanol–water partition coefficient (Wildman–Crippen LogP) is 11.9. The number of hydrogen-bond donors (Lipinski definition) is 0. The number of rotatable bonds is 4. The molecule has 0 aromatic heterocycles. The quantitative estimate of drug-likeness (QED) is 0.192. The van der Waals surface area contributed by atoms with Gasteiger partial charge in [-0.15, -0.1) is 11.8 Å². The number of benzene rings is 5. The van der Waals surface area contributed by atoms with Gasteiger partial charge in [0.25, 0.3) is 0 Å². The Balaban J connectivity index is 0.000000309. The van der Waals surface area contributed by atoms with Crippen LogP contribution in [0.15, 0.2) is 139 Å². The zero-order valence-corrected chi connectivity index (χ0v) is 26.3. The Morgan fingerprint density at radius 2 is 1.10 bits per heavy atom. The zero-order valence-electron chi connectivity index (χ0n) is 25.4. The normalized spacial score (nSPS) is 13.0. The van der Waals surface area contributed by atoms with Gasteiger partial charge in [-0.25, -0.2) is 0 Å². The molecule has 0 unspecified atom stereocenters. The van der Waals surface area contributed by atoms with E-state index in [1.165, 1.54) is 66.1 Å². The van der Waals surface area contributed by atoms with Crippen molar-refractivity contribution in [2.75, 3.05) is 5.75 Å². The molecule has 0 saturated heterocycles. The van der Waals surface area contributed by atoms with Crippen LogP contribution in [0.2, 0.25) is 0 Å². The minimum atomic E-state index is -0.245. The third-order valence-electron chi connectivity index (χ3n) is 8.11. The van der Waals surface area contributed by atoms with Gasteiger partial charge in [0, 0.05) is 0 Å². The number of fused-ring (bicyclic) bond motifs is 10. The van der Waals surface area contributed by atoms with Crippen molar-refractivity contribution in [3.05, 3.63) is 167 Å². The van der Waals surface area contributed by atoms with Crippen molar-refractivity contribution < 1.29 is 0 Å². The van der Waals surface area contributed by atoms with Crippen LogP contribution in [0.25, 0.3) is 33.4 Å². The summed E-state index contributed by atoms with van der Waals surface area (Å²) in [6.07, 6.45) is 3.84. The molecule has 42 heavy (non-hydrogen) atoms. The molecular weight excluding hydrogens is 525 g/mol. The van der Waals surface area contributed by atoms with Crippen LogP contribution in [0.3, 0.4) is 0 Å². The second-order valence-electron chi connectivity index (χ2n) is 10.5. The van der Waals surface area contributed by atoms with Gasteiger partial charge in [-0.05, 0) is 86.2 Å². The van der Waals surface area contributed by atoms with E-state index in [1.807, 2.05) is 37.8 Å². The Morgan fingerprint density at radius 3 is 1.60 bits per heavy atom. The lowest BCUT2D eigenvalue weighted by atomic mass is 9.70. The molecule has 0 bridgehead atoms. The SMILES string of the molecule is C=C/C=C(\C)SCC.CC.Cc1ccc(-c2ccc3c(c2)-c2ccccc2C32c3ccccc3-c3ccccc32)cc1. The fourth-order valence-corrected chi connectivity index (χ4v) is 7.11. The summed E-state index contributed by atoms with van der Waals surface area (Å²) in [6, 6.07) is 42.9. The molecule has 2 aliphatic carbocycles. The largest absolute Gasteiger partial charge is 0.131 e. The van der Waals surface area contributed by atoms with Crippen LogP contribution in [0.1, 0.15) is 55.5 Å². The lowest BCUT2D eigenvalue weighted by Crippen LogP contribution is -2.25. The number of allylic oxidation sites excluding steroid dienone is 3. The molecule has 0 N–H and O–H groups in total. The maximum absolute atomic E-state index is 3.59. The van der Waals surface area contributed by atoms with Gasteiger partial charge in [0.2, 0.25) is 0 Å². The van der Waals surface area contributed by atoms with E-state index in [0.717, 1.165) is 5.75 Å². The molecule has 2 aliphatic rings. The molecule has 210 valence electrons. The van der Waals surface area contributed by atoms with Gasteiger partial charge in [0.05, 0.1) is 5.41 Å². The van der Waals surface area contributed by atoms with Crippen molar-refractivity contribution in [2.24, 2.45) is 0 Å². The third kappa shape index (κ3) is 4.97. The standard InChI is InChI=1S/C32H22.C7H12S.C2H6/c1-21-14-16-22(17-15-21)23-18-19-31-27(20-23)26-10-4-7-13-30(26)32(31)28-11-5-2-8-24(28)25-9-3-6-12-29(25)32;1-4-6-7(3)8-5-2;1-2/h2-20H,1H3;4,6H,1,5H2,2-3H3;1-2H3/b;7-6+;. The highest BCUT2D eigenvalue weighted by atomic mass is 32.2. The van der Waals surface area contributed by atoms with E-state index in [-0.39, 0.29) is 5.41 Å². The maximum Gasteiger partial charge on any atom is 0.0725 e. The monoisotopic (exact) mass is 564 g/mol. The molecule has 0 heterocycles. The van der Waals surface area contributed by atoms with Crippen molar-refractivity contribution in [1.82, 2.24) is 0 Å². The summed E-state index contributed by atoms with van der Waals surface area (Å²) in [5, 5.41) is 0. The molecule has 1 heteroatoms. The van der Waals surface area contributed by atoms with Crippen molar-refractivity contribution in [3.8, 4) is 33.4 Å². The third-order valence-corrected chi connectivity index (χ3v) is 8.99. The summed E-state index contributed by atoms with van der Waals surface area (Å²) in [7, 11) is 0. The first kappa shape index (κ1) is 29.4. The van der Waals surface area contributed by atoms with E-state index in [9.17, 15) is 0 Å². The Morgan fingerprint density at radius 1 is 0.643 bits per heavy atom. The van der Waals surface area contributed by atoms with Crippen LogP contribution in [0.5, 0.6) is 0 Å². The molecule has 7 rings (SSSR count). The second kappa shape index (κ2) is 12.8. The minimum absolute atomic E-state index is 0.245. The van der Waals surface area contributed by atoms with E-state index < -0.39 is 0 Å². The maximum atomic E-state index is 3.59. The average Bonchev–Trinajstić information content (AvgIpc) is 3.50. The lowest BCUT2D eigenvalue weighted by molar-refractivity contribution is 0.794. The van der Waals surface area contributed by atoms with E-state index in [1.54, 1.807) is 0 Å². The molecule has 5 aromatic rings. The number of aryl methyl sites for hydroxylation is 1. The van der Waals surface area contributed by atoms with E-state index >= 15 is 0 Å². The first-order chi connectivity index (χ1) is 20.6. The molecule has 0 fully saturated rings. The van der Waals surface area contributed by atoms with Gasteiger partial charge in [-0.3, -0.25) is 0 Å². The summed E-state index contributed by atoms with van der Waals surface area (Å²) in [5.74, 6) is 1.15. The van der Waals surface area contributed by atoms with Crippen molar-refractivity contribution in [1.29, 1.82) is 0 Å². The topological polar surface area (TPSA) is 0 Å². The molecule has 0 atom stereocenters. The van der Waals surface area contributed by atoms with Gasteiger partial charge in [-0.1, -0.05) is 154 Å². The number of hydrogen-bond acceptors (Lipinski definition) is 1. The van der Waals surface area contributed by atoms with Gasteiger partial charge in [0.15, 0.2) is 0 Å². The van der Waals surface area contributed by atoms with Crippen LogP contribution < -0.4 is 0 Å². The molecule has 0 amide bonds. The molecule has 0 radical (unpaired) electrons. The van der Waals surface area contributed by atoms with E-state index in [4.69, 9.17) is 0 Å². The fourth-order valence-electron chi connectivity index (χ4n) is 6.47. The van der Waals surface area contributed by atoms with Crippen molar-refractivity contribution in [2.45, 2.75) is 40.0 Å². The van der Waals surface area contributed by atoms with E-state index in [0.29, 0.717) is 0 Å². The van der Waals surface area contributed by atoms with Crippen molar-refractivity contribution in [3.63, 3.8) is 0 Å². The summed E-state index contributed by atoms with van der Waals surface area (Å²) in [6.45, 7) is 14.0. The van der Waals surface area contributed by atoms with Gasteiger partial charge in [0.1, 0.15) is 0 Å². The fraction of sp³-hybridized carbons (Fsp3) is 0.171. The Bertz CT molecular complexity index is 1690.